The van der Waals surface area contributed by atoms with Crippen molar-refractivity contribution in [3.8, 4) is 0 Å². The van der Waals surface area contributed by atoms with Gasteiger partial charge in [-0.05, 0) is 13.0 Å². The quantitative estimate of drug-likeness (QED) is 0.661. The third-order valence-corrected chi connectivity index (χ3v) is 1.96. The van der Waals surface area contributed by atoms with Crippen LogP contribution in [0.25, 0.3) is 0 Å². The van der Waals surface area contributed by atoms with E-state index in [4.69, 9.17) is 11.6 Å². The summed E-state index contributed by atoms with van der Waals surface area (Å²) in [5.41, 5.74) is -2.53. The fourth-order valence-corrected chi connectivity index (χ4v) is 1.33. The number of H-pyrrole nitrogens is 1. The van der Waals surface area contributed by atoms with Gasteiger partial charge in [0.2, 0.25) is 0 Å². The zero-order chi connectivity index (χ0) is 12.3. The molecule has 0 aromatic carbocycles. The van der Waals surface area contributed by atoms with E-state index < -0.39 is 29.1 Å². The van der Waals surface area contributed by atoms with Gasteiger partial charge in [0.05, 0.1) is 17.7 Å². The SMILES string of the molecule is CCOC(=O)c1cc(Cl)[nH]c(=O)c1C(F)F. The van der Waals surface area contributed by atoms with Gasteiger partial charge in [0.15, 0.2) is 0 Å². The molecule has 0 aliphatic carbocycles. The third-order valence-electron chi connectivity index (χ3n) is 1.75. The van der Waals surface area contributed by atoms with Crippen LogP contribution in [0.2, 0.25) is 5.15 Å². The van der Waals surface area contributed by atoms with E-state index in [2.05, 4.69) is 4.74 Å². The number of hydrogen-bond donors (Lipinski definition) is 1. The Morgan fingerprint density at radius 3 is 2.75 bits per heavy atom. The molecule has 1 heterocycles. The first-order chi connectivity index (χ1) is 7.47. The summed E-state index contributed by atoms with van der Waals surface area (Å²) in [5, 5.41) is -0.197. The molecule has 0 amide bonds. The van der Waals surface area contributed by atoms with Crippen molar-refractivity contribution >= 4 is 17.6 Å². The van der Waals surface area contributed by atoms with E-state index in [1.165, 1.54) is 6.92 Å². The number of halogens is 3. The maximum Gasteiger partial charge on any atom is 0.338 e. The maximum atomic E-state index is 12.5. The first-order valence-electron chi connectivity index (χ1n) is 4.35. The average Bonchev–Trinajstić information content (AvgIpc) is 2.15. The number of aromatic nitrogens is 1. The Balaban J connectivity index is 3.35. The molecule has 0 fully saturated rings. The number of carbonyl (C=O) groups excluding carboxylic acids is 1. The number of pyridine rings is 1. The molecule has 0 aliphatic rings. The number of nitrogens with one attached hydrogen (secondary N) is 1. The minimum Gasteiger partial charge on any atom is -0.462 e. The lowest BCUT2D eigenvalue weighted by Crippen LogP contribution is -2.20. The average molecular weight is 252 g/mol. The van der Waals surface area contributed by atoms with Crippen LogP contribution in [0.15, 0.2) is 10.9 Å². The van der Waals surface area contributed by atoms with Crippen molar-refractivity contribution in [2.75, 3.05) is 6.61 Å². The smallest absolute Gasteiger partial charge is 0.338 e. The zero-order valence-electron chi connectivity index (χ0n) is 8.22. The first-order valence-corrected chi connectivity index (χ1v) is 4.73. The summed E-state index contributed by atoms with van der Waals surface area (Å²) >= 11 is 5.46. The molecule has 0 radical (unpaired) electrons. The lowest BCUT2D eigenvalue weighted by atomic mass is 10.1. The third kappa shape index (κ3) is 2.57. The molecule has 0 bridgehead atoms. The van der Waals surface area contributed by atoms with Crippen LogP contribution < -0.4 is 5.56 Å². The maximum absolute atomic E-state index is 12.5. The fraction of sp³-hybridized carbons (Fsp3) is 0.333. The van der Waals surface area contributed by atoms with Crippen molar-refractivity contribution in [3.63, 3.8) is 0 Å². The molecule has 0 atom stereocenters. The molecule has 7 heteroatoms. The van der Waals surface area contributed by atoms with Gasteiger partial charge in [-0.25, -0.2) is 13.6 Å². The standard InChI is InChI=1S/C9H8ClF2NO3/c1-2-16-9(15)4-3-5(10)13-8(14)6(4)7(11)12/h3,7H,2H2,1H3,(H,13,14). The van der Waals surface area contributed by atoms with E-state index in [1.54, 1.807) is 0 Å². The molecule has 0 unspecified atom stereocenters. The number of ether oxygens (including phenoxy) is 1. The summed E-state index contributed by atoms with van der Waals surface area (Å²) in [6.45, 7) is 1.54. The van der Waals surface area contributed by atoms with Crippen LogP contribution >= 0.6 is 11.6 Å². The molecule has 0 spiro atoms. The van der Waals surface area contributed by atoms with Crippen molar-refractivity contribution in [2.45, 2.75) is 13.3 Å². The molecule has 1 rings (SSSR count). The van der Waals surface area contributed by atoms with E-state index in [-0.39, 0.29) is 11.8 Å². The van der Waals surface area contributed by atoms with Gasteiger partial charge >= 0.3 is 5.97 Å². The van der Waals surface area contributed by atoms with Gasteiger partial charge in [-0.15, -0.1) is 0 Å². The van der Waals surface area contributed by atoms with Crippen LogP contribution in [0.4, 0.5) is 8.78 Å². The summed E-state index contributed by atoms with van der Waals surface area (Å²) in [5.74, 6) is -0.995. The van der Waals surface area contributed by atoms with Gasteiger partial charge in [-0.3, -0.25) is 4.79 Å². The van der Waals surface area contributed by atoms with Crippen LogP contribution in [0.3, 0.4) is 0 Å². The highest BCUT2D eigenvalue weighted by molar-refractivity contribution is 6.29. The van der Waals surface area contributed by atoms with E-state index >= 15 is 0 Å². The highest BCUT2D eigenvalue weighted by Crippen LogP contribution is 2.21. The largest absolute Gasteiger partial charge is 0.462 e. The monoisotopic (exact) mass is 251 g/mol. The Kier molecular flexibility index (Phi) is 4.00. The van der Waals surface area contributed by atoms with E-state index in [1.807, 2.05) is 4.98 Å². The molecule has 1 aromatic heterocycles. The van der Waals surface area contributed by atoms with Crippen molar-refractivity contribution < 1.29 is 18.3 Å². The van der Waals surface area contributed by atoms with Crippen LogP contribution in [0.5, 0.6) is 0 Å². The molecular weight excluding hydrogens is 244 g/mol. The van der Waals surface area contributed by atoms with Gasteiger partial charge in [-0.2, -0.15) is 0 Å². The molecule has 1 N–H and O–H groups in total. The normalized spacial score (nSPS) is 10.6. The molecule has 0 saturated carbocycles. The van der Waals surface area contributed by atoms with Crippen molar-refractivity contribution in [1.82, 2.24) is 4.98 Å². The number of aromatic amines is 1. The number of hydrogen-bond acceptors (Lipinski definition) is 3. The Hall–Kier alpha value is -1.43. The minimum absolute atomic E-state index is 0.0198. The minimum atomic E-state index is -3.07. The lowest BCUT2D eigenvalue weighted by molar-refractivity contribution is 0.0514. The molecule has 0 saturated heterocycles. The van der Waals surface area contributed by atoms with Gasteiger partial charge in [0, 0.05) is 0 Å². The molecule has 16 heavy (non-hydrogen) atoms. The van der Waals surface area contributed by atoms with E-state index in [0.717, 1.165) is 6.07 Å². The number of rotatable bonds is 3. The Morgan fingerprint density at radius 2 is 2.25 bits per heavy atom. The van der Waals surface area contributed by atoms with Crippen molar-refractivity contribution in [1.29, 1.82) is 0 Å². The Morgan fingerprint density at radius 1 is 1.62 bits per heavy atom. The summed E-state index contributed by atoms with van der Waals surface area (Å²) < 4.78 is 29.6. The van der Waals surface area contributed by atoms with E-state index in [0.29, 0.717) is 0 Å². The van der Waals surface area contributed by atoms with Crippen LogP contribution in [-0.4, -0.2) is 17.6 Å². The predicted molar refractivity (Wildman–Crippen MR) is 53.0 cm³/mol. The van der Waals surface area contributed by atoms with Crippen LogP contribution in [0.1, 0.15) is 29.3 Å². The Labute approximate surface area is 94.2 Å². The van der Waals surface area contributed by atoms with Crippen LogP contribution in [0, 0.1) is 0 Å². The second kappa shape index (κ2) is 5.07. The topological polar surface area (TPSA) is 59.2 Å². The summed E-state index contributed by atoms with van der Waals surface area (Å²) in [6, 6.07) is 0.947. The van der Waals surface area contributed by atoms with Gasteiger partial charge in [0.1, 0.15) is 5.15 Å². The highest BCUT2D eigenvalue weighted by Gasteiger charge is 2.23. The van der Waals surface area contributed by atoms with Gasteiger partial charge < -0.3 is 9.72 Å². The van der Waals surface area contributed by atoms with Crippen LogP contribution in [-0.2, 0) is 4.74 Å². The van der Waals surface area contributed by atoms with Gasteiger partial charge in [0.25, 0.3) is 12.0 Å². The summed E-state index contributed by atoms with van der Waals surface area (Å²) in [4.78, 5) is 24.5. The number of carbonyl (C=O) groups is 1. The lowest BCUT2D eigenvalue weighted by Gasteiger charge is -2.07. The first kappa shape index (κ1) is 12.6. The molecular formula is C9H8ClF2NO3. The second-order valence-corrected chi connectivity index (χ2v) is 3.20. The van der Waals surface area contributed by atoms with Gasteiger partial charge in [-0.1, -0.05) is 11.6 Å². The number of esters is 1. The highest BCUT2D eigenvalue weighted by atomic mass is 35.5. The molecule has 1 aromatic rings. The van der Waals surface area contributed by atoms with Crippen molar-refractivity contribution in [2.24, 2.45) is 0 Å². The fourth-order valence-electron chi connectivity index (χ4n) is 1.13. The molecule has 88 valence electrons. The summed E-state index contributed by atoms with van der Waals surface area (Å²) in [7, 11) is 0. The molecule has 4 nitrogen and oxygen atoms in total. The van der Waals surface area contributed by atoms with Crippen molar-refractivity contribution in [3.05, 3.63) is 32.7 Å². The predicted octanol–water partition coefficient (Wildman–Crippen LogP) is 2.14. The molecule has 0 aliphatic heterocycles. The second-order valence-electron chi connectivity index (χ2n) is 2.79. The number of alkyl halides is 2. The van der Waals surface area contributed by atoms with E-state index in [9.17, 15) is 18.4 Å². The summed E-state index contributed by atoms with van der Waals surface area (Å²) in [6.07, 6.45) is -3.07. The zero-order valence-corrected chi connectivity index (χ0v) is 8.98. The Bertz CT molecular complexity index is 459.